The van der Waals surface area contributed by atoms with Crippen molar-refractivity contribution in [1.29, 1.82) is 0 Å². The number of nitrogens with one attached hydrogen (secondary N) is 2. The first-order valence-electron chi connectivity index (χ1n) is 9.85. The van der Waals surface area contributed by atoms with Crippen LogP contribution >= 0.6 is 0 Å². The first kappa shape index (κ1) is 22.5. The van der Waals surface area contributed by atoms with E-state index in [1.807, 2.05) is 51.1 Å². The van der Waals surface area contributed by atoms with Gasteiger partial charge in [0.2, 0.25) is 0 Å². The molecular formula is C22H31N3O4. The van der Waals surface area contributed by atoms with E-state index in [2.05, 4.69) is 15.8 Å². The summed E-state index contributed by atoms with van der Waals surface area (Å²) in [6.45, 7) is 11.2. The smallest absolute Gasteiger partial charge is 0.408 e. The summed E-state index contributed by atoms with van der Waals surface area (Å²) < 4.78 is 11.1. The van der Waals surface area contributed by atoms with E-state index in [1.165, 1.54) is 0 Å². The van der Waals surface area contributed by atoms with Gasteiger partial charge >= 0.3 is 6.09 Å². The van der Waals surface area contributed by atoms with Gasteiger partial charge in [0.25, 0.3) is 5.91 Å². The molecule has 2 rings (SSSR count). The van der Waals surface area contributed by atoms with E-state index in [0.29, 0.717) is 6.42 Å². The highest BCUT2D eigenvalue weighted by Crippen LogP contribution is 2.28. The number of ether oxygens (including phenoxy) is 2. The van der Waals surface area contributed by atoms with E-state index >= 15 is 0 Å². The second-order valence-corrected chi connectivity index (χ2v) is 8.50. The number of hydrogen-bond acceptors (Lipinski definition) is 5. The van der Waals surface area contributed by atoms with Crippen LogP contribution in [0.3, 0.4) is 0 Å². The zero-order valence-electron chi connectivity index (χ0n) is 18.0. The van der Waals surface area contributed by atoms with Crippen molar-refractivity contribution in [2.24, 2.45) is 11.0 Å². The van der Waals surface area contributed by atoms with E-state index in [1.54, 1.807) is 27.0 Å². The minimum Gasteiger partial charge on any atom is -0.485 e. The molecule has 0 bridgehead atoms. The number of benzene rings is 1. The van der Waals surface area contributed by atoms with Gasteiger partial charge in [-0.05, 0) is 52.2 Å². The number of para-hydroxylation sites is 1. The third-order valence-electron chi connectivity index (χ3n) is 4.12. The number of nitrogens with zero attached hydrogens (tertiary/aromatic N) is 1. The van der Waals surface area contributed by atoms with Gasteiger partial charge in [-0.1, -0.05) is 32.0 Å². The molecule has 7 nitrogen and oxygen atoms in total. The first-order valence-corrected chi connectivity index (χ1v) is 9.85. The maximum Gasteiger partial charge on any atom is 0.408 e. The zero-order chi connectivity index (χ0) is 21.6. The van der Waals surface area contributed by atoms with Crippen LogP contribution in [0.15, 0.2) is 34.9 Å². The molecule has 158 valence electrons. The van der Waals surface area contributed by atoms with Crippen LogP contribution in [0.25, 0.3) is 6.08 Å². The Kier molecular flexibility index (Phi) is 7.42. The summed E-state index contributed by atoms with van der Waals surface area (Å²) in [5.41, 5.74) is 3.67. The second-order valence-electron chi connectivity index (χ2n) is 8.50. The molecular weight excluding hydrogens is 370 g/mol. The Morgan fingerprint density at radius 2 is 1.97 bits per heavy atom. The van der Waals surface area contributed by atoms with Crippen LogP contribution in [0.4, 0.5) is 4.79 Å². The van der Waals surface area contributed by atoms with Gasteiger partial charge < -0.3 is 14.8 Å². The normalized spacial score (nSPS) is 17.2. The number of rotatable bonds is 6. The number of hydrogen-bond donors (Lipinski definition) is 2. The number of fused-ring (bicyclic) bond motifs is 1. The molecule has 2 atom stereocenters. The summed E-state index contributed by atoms with van der Waals surface area (Å²) in [4.78, 5) is 24.6. The Labute approximate surface area is 172 Å². The van der Waals surface area contributed by atoms with Crippen molar-refractivity contribution in [1.82, 2.24) is 10.7 Å². The fourth-order valence-corrected chi connectivity index (χ4v) is 2.81. The predicted molar refractivity (Wildman–Crippen MR) is 114 cm³/mol. The average Bonchev–Trinajstić information content (AvgIpc) is 2.59. The quantitative estimate of drug-likeness (QED) is 0.559. The van der Waals surface area contributed by atoms with Crippen molar-refractivity contribution in [2.45, 2.75) is 65.7 Å². The van der Waals surface area contributed by atoms with Crippen LogP contribution < -0.4 is 15.5 Å². The van der Waals surface area contributed by atoms with Crippen LogP contribution in [0.5, 0.6) is 5.75 Å². The summed E-state index contributed by atoms with van der Waals surface area (Å²) in [5.74, 6) is 0.626. The maximum atomic E-state index is 12.6. The molecule has 1 aromatic rings. The van der Waals surface area contributed by atoms with E-state index in [4.69, 9.17) is 9.47 Å². The Hall–Kier alpha value is -2.83. The van der Waals surface area contributed by atoms with E-state index < -0.39 is 23.6 Å². The highest BCUT2D eigenvalue weighted by Gasteiger charge is 2.25. The largest absolute Gasteiger partial charge is 0.485 e. The molecule has 1 aliphatic rings. The molecule has 1 aromatic carbocycles. The van der Waals surface area contributed by atoms with Crippen LogP contribution in [0.1, 0.15) is 53.5 Å². The van der Waals surface area contributed by atoms with Crippen molar-refractivity contribution >= 4 is 24.3 Å². The summed E-state index contributed by atoms with van der Waals surface area (Å²) in [6.07, 6.45) is 3.20. The minimum absolute atomic E-state index is 0.183. The van der Waals surface area contributed by atoms with Crippen LogP contribution in [0, 0.1) is 5.92 Å². The van der Waals surface area contributed by atoms with Crippen molar-refractivity contribution in [3.05, 3.63) is 35.4 Å². The highest BCUT2D eigenvalue weighted by molar-refractivity contribution is 5.90. The molecule has 0 saturated heterocycles. The van der Waals surface area contributed by atoms with Crippen LogP contribution in [0.2, 0.25) is 0 Å². The average molecular weight is 402 g/mol. The molecule has 1 heterocycles. The fourth-order valence-electron chi connectivity index (χ4n) is 2.81. The van der Waals surface area contributed by atoms with Gasteiger partial charge in [0.05, 0.1) is 6.21 Å². The van der Waals surface area contributed by atoms with Gasteiger partial charge in [0.1, 0.15) is 23.5 Å². The van der Waals surface area contributed by atoms with Gasteiger partial charge in [-0.25, -0.2) is 10.2 Å². The molecule has 0 saturated carbocycles. The fraction of sp³-hybridized carbons (Fsp3) is 0.500. The van der Waals surface area contributed by atoms with E-state index in [9.17, 15) is 9.59 Å². The predicted octanol–water partition coefficient (Wildman–Crippen LogP) is 3.89. The molecule has 2 amide bonds. The van der Waals surface area contributed by atoms with E-state index in [0.717, 1.165) is 16.9 Å². The lowest BCUT2D eigenvalue weighted by molar-refractivity contribution is -0.123. The standard InChI is InChI=1S/C22H31N3O4/c1-14(2)11-18(24-21(27)29-22(4,5)6)20(26)25-23-13-17-12-16-9-7-8-10-19(16)28-15(17)3/h7-10,12-15,18H,11H2,1-6H3,(H,24,27)(H,25,26)/b23-13-/t15-,18+/m1/s1. The van der Waals surface area contributed by atoms with Crippen molar-refractivity contribution < 1.29 is 19.1 Å². The van der Waals surface area contributed by atoms with Gasteiger partial charge in [0.15, 0.2) is 0 Å². The molecule has 0 fully saturated rings. The van der Waals surface area contributed by atoms with Crippen LogP contribution in [-0.2, 0) is 9.53 Å². The lowest BCUT2D eigenvalue weighted by Crippen LogP contribution is -2.47. The SMILES string of the molecule is CC(C)C[C@H](NC(=O)OC(C)(C)C)C(=O)N/N=C\C1=Cc2ccccc2O[C@@H]1C. The van der Waals surface area contributed by atoms with Crippen molar-refractivity contribution in [3.63, 3.8) is 0 Å². The Bertz CT molecular complexity index is 793. The van der Waals surface area contributed by atoms with Crippen molar-refractivity contribution in [3.8, 4) is 5.75 Å². The number of carbonyl (C=O) groups is 2. The maximum absolute atomic E-state index is 12.6. The van der Waals surface area contributed by atoms with Gasteiger partial charge in [-0.2, -0.15) is 5.10 Å². The Morgan fingerprint density at radius 3 is 2.62 bits per heavy atom. The Morgan fingerprint density at radius 1 is 1.28 bits per heavy atom. The Balaban J connectivity index is 2.02. The highest BCUT2D eigenvalue weighted by atomic mass is 16.6. The number of hydrazone groups is 1. The third-order valence-corrected chi connectivity index (χ3v) is 4.12. The van der Waals surface area contributed by atoms with Crippen LogP contribution in [-0.4, -0.2) is 36.0 Å². The zero-order valence-corrected chi connectivity index (χ0v) is 18.0. The molecule has 0 radical (unpaired) electrons. The topological polar surface area (TPSA) is 89.0 Å². The molecule has 7 heteroatoms. The summed E-state index contributed by atoms with van der Waals surface area (Å²) in [6, 6.07) is 6.99. The molecule has 1 aliphatic heterocycles. The molecule has 0 aromatic heterocycles. The number of carbonyl (C=O) groups excluding carboxylic acids is 2. The monoisotopic (exact) mass is 401 g/mol. The molecule has 2 N–H and O–H groups in total. The summed E-state index contributed by atoms with van der Waals surface area (Å²) in [7, 11) is 0. The van der Waals surface area contributed by atoms with E-state index in [-0.39, 0.29) is 12.0 Å². The number of amides is 2. The lowest BCUT2D eigenvalue weighted by Gasteiger charge is -2.24. The summed E-state index contributed by atoms with van der Waals surface area (Å²) >= 11 is 0. The lowest BCUT2D eigenvalue weighted by atomic mass is 10.0. The molecule has 0 spiro atoms. The van der Waals surface area contributed by atoms with Gasteiger partial charge in [0, 0.05) is 11.1 Å². The molecule has 0 aliphatic carbocycles. The summed E-state index contributed by atoms with van der Waals surface area (Å²) in [5, 5.41) is 6.69. The first-order chi connectivity index (χ1) is 13.5. The number of alkyl carbamates (subject to hydrolysis) is 1. The molecule has 0 unspecified atom stereocenters. The van der Waals surface area contributed by atoms with Gasteiger partial charge in [-0.15, -0.1) is 0 Å². The second kappa shape index (κ2) is 9.58. The minimum atomic E-state index is -0.739. The van der Waals surface area contributed by atoms with Gasteiger partial charge in [-0.3, -0.25) is 4.79 Å². The molecule has 29 heavy (non-hydrogen) atoms. The van der Waals surface area contributed by atoms with Crippen molar-refractivity contribution in [2.75, 3.05) is 0 Å². The third kappa shape index (κ3) is 7.25.